The zero-order valence-electron chi connectivity index (χ0n) is 17.4. The summed E-state index contributed by atoms with van der Waals surface area (Å²) >= 11 is 1.28. The number of carbonyl (C=O) groups excluding carboxylic acids is 2. The molecule has 8 heteroatoms. The number of nitrogens with zero attached hydrogens (tertiary/aromatic N) is 4. The maximum atomic E-state index is 13.3. The fraction of sp³-hybridized carbons (Fsp3) is 0.125. The highest BCUT2D eigenvalue weighted by Crippen LogP contribution is 2.35. The topological polar surface area (TPSA) is 89.8 Å². The zero-order valence-corrected chi connectivity index (χ0v) is 18.2. The van der Waals surface area contributed by atoms with Gasteiger partial charge in [-0.2, -0.15) is 0 Å². The van der Waals surface area contributed by atoms with E-state index in [1.807, 2.05) is 60.7 Å². The van der Waals surface area contributed by atoms with Crippen LogP contribution in [0.3, 0.4) is 0 Å². The number of anilines is 1. The van der Waals surface area contributed by atoms with Crippen LogP contribution in [0.2, 0.25) is 0 Å². The molecule has 1 N–H and O–H groups in total. The fourth-order valence-electron chi connectivity index (χ4n) is 3.17. The Kier molecular flexibility index (Phi) is 6.72. The summed E-state index contributed by atoms with van der Waals surface area (Å²) in [7, 11) is 0. The second-order valence-electron chi connectivity index (χ2n) is 7.14. The number of hydrogen-bond acceptors (Lipinski definition) is 6. The van der Waals surface area contributed by atoms with Gasteiger partial charge in [0.1, 0.15) is 5.25 Å². The first kappa shape index (κ1) is 21.5. The number of amides is 1. The molecule has 0 bridgehead atoms. The molecule has 160 valence electrons. The Bertz CT molecular complexity index is 1210. The van der Waals surface area contributed by atoms with Crippen LogP contribution in [0.25, 0.3) is 0 Å². The predicted octanol–water partition coefficient (Wildman–Crippen LogP) is 4.40. The Balaban J connectivity index is 1.59. The number of hydrogen-bond donors (Lipinski definition) is 1. The van der Waals surface area contributed by atoms with Gasteiger partial charge in [0.25, 0.3) is 0 Å². The largest absolute Gasteiger partial charge is 0.325 e. The van der Waals surface area contributed by atoms with E-state index in [-0.39, 0.29) is 11.7 Å². The number of ketones is 1. The van der Waals surface area contributed by atoms with E-state index < -0.39 is 5.25 Å². The zero-order chi connectivity index (χ0) is 22.3. The molecule has 1 atom stereocenters. The molecule has 1 heterocycles. The van der Waals surface area contributed by atoms with Crippen LogP contribution in [-0.2, 0) is 11.3 Å². The van der Waals surface area contributed by atoms with Gasteiger partial charge < -0.3 is 5.32 Å². The van der Waals surface area contributed by atoms with Gasteiger partial charge in [-0.15, -0.1) is 5.10 Å². The van der Waals surface area contributed by atoms with Crippen molar-refractivity contribution < 1.29 is 9.59 Å². The molecule has 1 aromatic heterocycles. The highest BCUT2D eigenvalue weighted by atomic mass is 32.2. The number of Topliss-reactive ketones (excluding diaryl/α,β-unsaturated/α-hetero) is 1. The van der Waals surface area contributed by atoms with Gasteiger partial charge in [0.2, 0.25) is 11.1 Å². The average molecular weight is 444 g/mol. The minimum absolute atomic E-state index is 0.0600. The van der Waals surface area contributed by atoms with Gasteiger partial charge in [0.05, 0.1) is 6.54 Å². The summed E-state index contributed by atoms with van der Waals surface area (Å²) in [4.78, 5) is 25.0. The molecule has 0 aliphatic rings. The quantitative estimate of drug-likeness (QED) is 0.321. The van der Waals surface area contributed by atoms with Crippen LogP contribution >= 0.6 is 11.8 Å². The molecular formula is C24H21N5O2S. The molecule has 0 saturated heterocycles. The molecule has 0 aliphatic carbocycles. The minimum Gasteiger partial charge on any atom is -0.325 e. The number of benzene rings is 3. The van der Waals surface area contributed by atoms with Gasteiger partial charge in [-0.1, -0.05) is 84.6 Å². The van der Waals surface area contributed by atoms with E-state index in [9.17, 15) is 9.59 Å². The molecule has 0 radical (unpaired) electrons. The average Bonchev–Trinajstić information content (AvgIpc) is 3.25. The molecule has 3 aromatic carbocycles. The van der Waals surface area contributed by atoms with Gasteiger partial charge in [-0.3, -0.25) is 9.59 Å². The second-order valence-corrected chi connectivity index (χ2v) is 8.21. The van der Waals surface area contributed by atoms with Crippen LogP contribution in [0, 0.1) is 0 Å². The SMILES string of the molecule is CC(=O)c1cccc(NC(=O)C(Sc2nnnn2Cc2ccccc2)c2ccccc2)c1. The minimum atomic E-state index is -0.585. The third kappa shape index (κ3) is 5.28. The second kappa shape index (κ2) is 10.0. The van der Waals surface area contributed by atoms with Crippen LogP contribution in [0.15, 0.2) is 90.1 Å². The van der Waals surface area contributed by atoms with Crippen LogP contribution in [0.5, 0.6) is 0 Å². The monoisotopic (exact) mass is 443 g/mol. The Morgan fingerprint density at radius 1 is 0.969 bits per heavy atom. The predicted molar refractivity (Wildman–Crippen MR) is 123 cm³/mol. The molecule has 0 fully saturated rings. The van der Waals surface area contributed by atoms with E-state index in [1.54, 1.807) is 28.9 Å². The molecule has 1 unspecified atom stereocenters. The lowest BCUT2D eigenvalue weighted by molar-refractivity contribution is -0.115. The molecule has 4 rings (SSSR count). The first-order chi connectivity index (χ1) is 15.6. The van der Waals surface area contributed by atoms with E-state index in [1.165, 1.54) is 18.7 Å². The summed E-state index contributed by atoms with van der Waals surface area (Å²) in [5.41, 5.74) is 2.99. The fourth-order valence-corrected chi connectivity index (χ4v) is 4.14. The summed E-state index contributed by atoms with van der Waals surface area (Å²) < 4.78 is 1.68. The first-order valence-electron chi connectivity index (χ1n) is 10.0. The lowest BCUT2D eigenvalue weighted by Crippen LogP contribution is -2.20. The van der Waals surface area contributed by atoms with E-state index in [0.29, 0.717) is 23.0 Å². The molecular weight excluding hydrogens is 422 g/mol. The Labute approximate surface area is 189 Å². The van der Waals surface area contributed by atoms with Crippen molar-refractivity contribution >= 4 is 29.1 Å². The van der Waals surface area contributed by atoms with E-state index in [2.05, 4.69) is 20.8 Å². The summed E-state index contributed by atoms with van der Waals surface area (Å²) in [5, 5.41) is 14.9. The Morgan fingerprint density at radius 2 is 1.69 bits per heavy atom. The van der Waals surface area contributed by atoms with E-state index in [4.69, 9.17) is 0 Å². The van der Waals surface area contributed by atoms with Crippen molar-refractivity contribution in [2.45, 2.75) is 23.9 Å². The lowest BCUT2D eigenvalue weighted by atomic mass is 10.1. The maximum Gasteiger partial charge on any atom is 0.242 e. The maximum absolute atomic E-state index is 13.3. The van der Waals surface area contributed by atoms with Crippen molar-refractivity contribution in [2.75, 3.05) is 5.32 Å². The van der Waals surface area contributed by atoms with Crippen LogP contribution in [0.4, 0.5) is 5.69 Å². The number of carbonyl (C=O) groups is 2. The van der Waals surface area contributed by atoms with E-state index in [0.717, 1.165) is 11.1 Å². The van der Waals surface area contributed by atoms with Gasteiger partial charge in [0, 0.05) is 11.3 Å². The van der Waals surface area contributed by atoms with Crippen molar-refractivity contribution in [1.82, 2.24) is 20.2 Å². The number of aromatic nitrogens is 4. The number of nitrogens with one attached hydrogen (secondary N) is 1. The van der Waals surface area contributed by atoms with Gasteiger partial charge >= 0.3 is 0 Å². The van der Waals surface area contributed by atoms with Crippen LogP contribution in [-0.4, -0.2) is 31.9 Å². The summed E-state index contributed by atoms with van der Waals surface area (Å²) in [6.07, 6.45) is 0. The van der Waals surface area contributed by atoms with Crippen molar-refractivity contribution in [2.24, 2.45) is 0 Å². The van der Waals surface area contributed by atoms with Gasteiger partial charge in [-0.05, 0) is 40.6 Å². The van der Waals surface area contributed by atoms with Crippen molar-refractivity contribution in [1.29, 1.82) is 0 Å². The number of tetrazole rings is 1. The standard InChI is InChI=1S/C24H21N5O2S/c1-17(30)20-13-8-14-21(15-20)25-23(31)22(19-11-6-3-7-12-19)32-24-26-27-28-29(24)16-18-9-4-2-5-10-18/h2-15,22H,16H2,1H3,(H,25,31). The molecule has 0 saturated carbocycles. The molecule has 7 nitrogen and oxygen atoms in total. The molecule has 0 spiro atoms. The smallest absolute Gasteiger partial charge is 0.242 e. The lowest BCUT2D eigenvalue weighted by Gasteiger charge is -2.17. The van der Waals surface area contributed by atoms with Crippen LogP contribution < -0.4 is 5.32 Å². The van der Waals surface area contributed by atoms with Gasteiger partial charge in [0.15, 0.2) is 5.78 Å². The highest BCUT2D eigenvalue weighted by Gasteiger charge is 2.25. The first-order valence-corrected chi connectivity index (χ1v) is 10.9. The molecule has 32 heavy (non-hydrogen) atoms. The van der Waals surface area contributed by atoms with Crippen molar-refractivity contribution in [3.05, 3.63) is 102 Å². The summed E-state index contributed by atoms with van der Waals surface area (Å²) in [5.74, 6) is -0.286. The Hall–Kier alpha value is -3.78. The van der Waals surface area contributed by atoms with E-state index >= 15 is 0 Å². The number of rotatable bonds is 8. The highest BCUT2D eigenvalue weighted by molar-refractivity contribution is 8.00. The molecule has 1 amide bonds. The normalized spacial score (nSPS) is 11.7. The van der Waals surface area contributed by atoms with Gasteiger partial charge in [-0.25, -0.2) is 4.68 Å². The van der Waals surface area contributed by atoms with Crippen molar-refractivity contribution in [3.63, 3.8) is 0 Å². The summed E-state index contributed by atoms with van der Waals surface area (Å²) in [6, 6.07) is 26.2. The Morgan fingerprint density at radius 3 is 2.41 bits per heavy atom. The van der Waals surface area contributed by atoms with Crippen molar-refractivity contribution in [3.8, 4) is 0 Å². The number of thioether (sulfide) groups is 1. The summed E-state index contributed by atoms with van der Waals surface area (Å²) in [6.45, 7) is 2.00. The molecule has 0 aliphatic heterocycles. The third-order valence-electron chi connectivity index (χ3n) is 4.77. The third-order valence-corrected chi connectivity index (χ3v) is 6.00. The van der Waals surface area contributed by atoms with Crippen LogP contribution in [0.1, 0.15) is 33.7 Å². The molecule has 4 aromatic rings.